The number of carbonyl (C=O) groups excluding carboxylic acids is 1. The van der Waals surface area contributed by atoms with Crippen LogP contribution in [0.25, 0.3) is 0 Å². The molecule has 0 spiro atoms. The zero-order valence-electron chi connectivity index (χ0n) is 9.75. The van der Waals surface area contributed by atoms with Crippen molar-refractivity contribution in [3.8, 4) is 0 Å². The van der Waals surface area contributed by atoms with Crippen molar-refractivity contribution in [1.82, 2.24) is 4.90 Å². The highest BCUT2D eigenvalue weighted by molar-refractivity contribution is 5.83. The number of nitrogens with zero attached hydrogens (tertiary/aromatic N) is 1. The lowest BCUT2D eigenvalue weighted by Gasteiger charge is -2.32. The number of rotatable bonds is 2. The molecule has 0 radical (unpaired) electrons. The zero-order valence-corrected chi connectivity index (χ0v) is 9.75. The Bertz CT molecular complexity index is 380. The zero-order chi connectivity index (χ0) is 12.3. The molecular formula is C13H18N2O2. The molecule has 0 bridgehead atoms. The molecule has 2 rings (SSSR count). The van der Waals surface area contributed by atoms with Crippen molar-refractivity contribution in [2.75, 3.05) is 13.1 Å². The summed E-state index contributed by atoms with van der Waals surface area (Å²) in [6.45, 7) is 1.09. The average Bonchev–Trinajstić information content (AvgIpc) is 2.38. The van der Waals surface area contributed by atoms with Crippen molar-refractivity contribution in [3.05, 3.63) is 35.9 Å². The van der Waals surface area contributed by atoms with Gasteiger partial charge in [-0.25, -0.2) is 0 Å². The molecule has 3 N–H and O–H groups in total. The maximum Gasteiger partial charge on any atom is 0.244 e. The smallest absolute Gasteiger partial charge is 0.244 e. The molecule has 1 aromatic rings. The number of hydrogen-bond acceptors (Lipinski definition) is 3. The van der Waals surface area contributed by atoms with Gasteiger partial charge in [-0.15, -0.1) is 0 Å². The average molecular weight is 234 g/mol. The molecular weight excluding hydrogens is 216 g/mol. The fraction of sp³-hybridized carbons (Fsp3) is 0.462. The molecule has 1 aliphatic rings. The van der Waals surface area contributed by atoms with Crippen molar-refractivity contribution >= 4 is 5.91 Å². The molecule has 92 valence electrons. The van der Waals surface area contributed by atoms with Crippen LogP contribution in [-0.4, -0.2) is 35.1 Å². The van der Waals surface area contributed by atoms with Gasteiger partial charge in [0, 0.05) is 13.1 Å². The summed E-state index contributed by atoms with van der Waals surface area (Å²) >= 11 is 0. The summed E-state index contributed by atoms with van der Waals surface area (Å²) in [6.07, 6.45) is 1.20. The third-order valence-corrected chi connectivity index (χ3v) is 3.13. The largest absolute Gasteiger partial charge is 0.391 e. The van der Waals surface area contributed by atoms with E-state index in [1.165, 1.54) is 0 Å². The molecule has 4 nitrogen and oxygen atoms in total. The maximum absolute atomic E-state index is 12.1. The number of piperidine rings is 1. The Morgan fingerprint density at radius 1 is 1.41 bits per heavy atom. The summed E-state index contributed by atoms with van der Waals surface area (Å²) in [4.78, 5) is 13.8. The van der Waals surface area contributed by atoms with Crippen LogP contribution >= 0.6 is 0 Å². The van der Waals surface area contributed by atoms with Gasteiger partial charge in [0.2, 0.25) is 5.91 Å². The second-order valence-electron chi connectivity index (χ2n) is 4.47. The van der Waals surface area contributed by atoms with E-state index in [1.807, 2.05) is 30.3 Å². The molecule has 0 aromatic heterocycles. The third kappa shape index (κ3) is 2.84. The number of carbonyl (C=O) groups is 1. The van der Waals surface area contributed by atoms with E-state index in [9.17, 15) is 9.90 Å². The molecule has 1 saturated heterocycles. The van der Waals surface area contributed by atoms with E-state index in [0.717, 1.165) is 18.4 Å². The quantitative estimate of drug-likeness (QED) is 0.790. The van der Waals surface area contributed by atoms with Crippen molar-refractivity contribution in [3.63, 3.8) is 0 Å². The highest BCUT2D eigenvalue weighted by Gasteiger charge is 2.26. The van der Waals surface area contributed by atoms with E-state index in [2.05, 4.69) is 0 Å². The van der Waals surface area contributed by atoms with E-state index in [-0.39, 0.29) is 5.91 Å². The first-order valence-corrected chi connectivity index (χ1v) is 5.96. The minimum Gasteiger partial charge on any atom is -0.391 e. The summed E-state index contributed by atoms with van der Waals surface area (Å²) in [5, 5.41) is 9.55. The lowest BCUT2D eigenvalue weighted by molar-refractivity contribution is -0.135. The SMILES string of the molecule is NC(C(=O)N1CCCC(O)C1)c1ccccc1. The van der Waals surface area contributed by atoms with Gasteiger partial charge >= 0.3 is 0 Å². The van der Waals surface area contributed by atoms with Crippen LogP contribution in [0.5, 0.6) is 0 Å². The summed E-state index contributed by atoms with van der Waals surface area (Å²) in [6, 6.07) is 8.71. The van der Waals surface area contributed by atoms with Crippen molar-refractivity contribution in [2.45, 2.75) is 25.0 Å². The summed E-state index contributed by atoms with van der Waals surface area (Å²) in [5.41, 5.74) is 6.76. The van der Waals surface area contributed by atoms with E-state index in [0.29, 0.717) is 13.1 Å². The van der Waals surface area contributed by atoms with Crippen LogP contribution in [0.1, 0.15) is 24.4 Å². The Balaban J connectivity index is 2.04. The molecule has 4 heteroatoms. The Morgan fingerprint density at radius 3 is 2.76 bits per heavy atom. The van der Waals surface area contributed by atoms with Crippen molar-refractivity contribution in [1.29, 1.82) is 0 Å². The van der Waals surface area contributed by atoms with Gasteiger partial charge in [0.25, 0.3) is 0 Å². The molecule has 1 heterocycles. The lowest BCUT2D eigenvalue weighted by atomic mass is 10.0. The Labute approximate surface area is 101 Å². The fourth-order valence-corrected chi connectivity index (χ4v) is 2.15. The number of nitrogens with two attached hydrogens (primary N) is 1. The molecule has 2 atom stereocenters. The van der Waals surface area contributed by atoms with Crippen LogP contribution < -0.4 is 5.73 Å². The molecule has 2 unspecified atom stereocenters. The van der Waals surface area contributed by atoms with Crippen LogP contribution in [0.2, 0.25) is 0 Å². The molecule has 17 heavy (non-hydrogen) atoms. The van der Waals surface area contributed by atoms with Gasteiger partial charge in [0.15, 0.2) is 0 Å². The first-order chi connectivity index (χ1) is 8.18. The highest BCUT2D eigenvalue weighted by Crippen LogP contribution is 2.17. The molecule has 1 amide bonds. The van der Waals surface area contributed by atoms with Gasteiger partial charge in [-0.3, -0.25) is 4.79 Å². The molecule has 0 saturated carbocycles. The number of hydrogen-bond donors (Lipinski definition) is 2. The number of β-amino-alcohol motifs (C(OH)–C–C–N with tert-alkyl or cyclic N) is 1. The van der Waals surface area contributed by atoms with Crippen LogP contribution in [0.4, 0.5) is 0 Å². The van der Waals surface area contributed by atoms with Crippen LogP contribution in [0, 0.1) is 0 Å². The second kappa shape index (κ2) is 5.29. The Hall–Kier alpha value is -1.39. The number of benzene rings is 1. The number of likely N-dealkylation sites (tertiary alicyclic amines) is 1. The van der Waals surface area contributed by atoms with Gasteiger partial charge in [-0.05, 0) is 18.4 Å². The predicted octanol–water partition coefficient (Wildman–Crippen LogP) is 0.670. The van der Waals surface area contributed by atoms with E-state index in [1.54, 1.807) is 4.90 Å². The van der Waals surface area contributed by atoms with Gasteiger partial charge < -0.3 is 15.7 Å². The predicted molar refractivity (Wildman–Crippen MR) is 65.2 cm³/mol. The highest BCUT2D eigenvalue weighted by atomic mass is 16.3. The van der Waals surface area contributed by atoms with E-state index >= 15 is 0 Å². The maximum atomic E-state index is 12.1. The van der Waals surface area contributed by atoms with Crippen LogP contribution in [-0.2, 0) is 4.79 Å². The Morgan fingerprint density at radius 2 is 2.12 bits per heavy atom. The number of aliphatic hydroxyl groups excluding tert-OH is 1. The molecule has 1 aliphatic heterocycles. The first-order valence-electron chi connectivity index (χ1n) is 5.96. The minimum absolute atomic E-state index is 0.102. The lowest BCUT2D eigenvalue weighted by Crippen LogP contribution is -2.46. The normalized spacial score (nSPS) is 22.2. The standard InChI is InChI=1S/C13H18N2O2/c14-12(10-5-2-1-3-6-10)13(17)15-8-4-7-11(16)9-15/h1-3,5-6,11-12,16H,4,7-9,14H2. The monoisotopic (exact) mass is 234 g/mol. The Kier molecular flexibility index (Phi) is 3.76. The van der Waals surface area contributed by atoms with Crippen molar-refractivity contribution in [2.24, 2.45) is 5.73 Å². The fourth-order valence-electron chi connectivity index (χ4n) is 2.15. The van der Waals surface area contributed by atoms with Gasteiger partial charge in [-0.2, -0.15) is 0 Å². The second-order valence-corrected chi connectivity index (χ2v) is 4.47. The topological polar surface area (TPSA) is 66.6 Å². The summed E-state index contributed by atoms with van der Waals surface area (Å²) < 4.78 is 0. The van der Waals surface area contributed by atoms with E-state index < -0.39 is 12.1 Å². The summed E-state index contributed by atoms with van der Waals surface area (Å²) in [5.74, 6) is -0.102. The molecule has 1 fully saturated rings. The number of aliphatic hydroxyl groups is 1. The van der Waals surface area contributed by atoms with Gasteiger partial charge in [-0.1, -0.05) is 30.3 Å². The number of amides is 1. The van der Waals surface area contributed by atoms with Crippen LogP contribution in [0.15, 0.2) is 30.3 Å². The van der Waals surface area contributed by atoms with Crippen molar-refractivity contribution < 1.29 is 9.90 Å². The van der Waals surface area contributed by atoms with Crippen LogP contribution in [0.3, 0.4) is 0 Å². The first kappa shape index (κ1) is 12.1. The molecule has 0 aliphatic carbocycles. The van der Waals surface area contributed by atoms with E-state index in [4.69, 9.17) is 5.73 Å². The van der Waals surface area contributed by atoms with Gasteiger partial charge in [0.05, 0.1) is 6.10 Å². The molecule has 1 aromatic carbocycles. The third-order valence-electron chi connectivity index (χ3n) is 3.13. The van der Waals surface area contributed by atoms with Gasteiger partial charge in [0.1, 0.15) is 6.04 Å². The summed E-state index contributed by atoms with van der Waals surface area (Å²) in [7, 11) is 0. The minimum atomic E-state index is -0.624.